The van der Waals surface area contributed by atoms with Crippen LogP contribution in [-0.2, 0) is 22.6 Å². The highest BCUT2D eigenvalue weighted by Gasteiger charge is 2.38. The number of anilines is 1. The third-order valence-corrected chi connectivity index (χ3v) is 5.53. The van der Waals surface area contributed by atoms with E-state index in [0.717, 1.165) is 17.2 Å². The molecule has 0 N–H and O–H groups in total. The Kier molecular flexibility index (Phi) is 4.87. The molecule has 1 unspecified atom stereocenters. The van der Waals surface area contributed by atoms with Crippen LogP contribution in [0.3, 0.4) is 0 Å². The number of aryl methyl sites for hydroxylation is 2. The predicted octanol–water partition coefficient (Wildman–Crippen LogP) is 3.60. The minimum atomic E-state index is -0.719. The first-order valence-corrected chi connectivity index (χ1v) is 9.55. The zero-order valence-electron chi connectivity index (χ0n) is 15.8. The van der Waals surface area contributed by atoms with E-state index in [4.69, 9.17) is 0 Å². The standard InChI is InChI=1S/C22H22F2N2O2/c1-14-4-6-15(7-5-14)12-25-13-17(10-20(25)27)22(28)26-8-2-3-16-9-18(23)11-19(24)21(16)26/h4-7,9,11,17H,2-3,8,10,12-13H2,1H3. The smallest absolute Gasteiger partial charge is 0.232 e. The van der Waals surface area contributed by atoms with E-state index >= 15 is 0 Å². The van der Waals surface area contributed by atoms with E-state index in [9.17, 15) is 18.4 Å². The molecule has 1 fully saturated rings. The molecule has 6 heteroatoms. The van der Waals surface area contributed by atoms with Gasteiger partial charge in [-0.25, -0.2) is 8.78 Å². The van der Waals surface area contributed by atoms with Crippen LogP contribution in [0.5, 0.6) is 0 Å². The largest absolute Gasteiger partial charge is 0.338 e. The fourth-order valence-electron chi connectivity index (χ4n) is 4.10. The lowest BCUT2D eigenvalue weighted by Gasteiger charge is -2.31. The Balaban J connectivity index is 1.51. The number of rotatable bonds is 3. The van der Waals surface area contributed by atoms with Crippen LogP contribution >= 0.6 is 0 Å². The van der Waals surface area contributed by atoms with Gasteiger partial charge in [0, 0.05) is 32.1 Å². The lowest BCUT2D eigenvalue weighted by atomic mass is 9.98. The van der Waals surface area contributed by atoms with E-state index in [1.165, 1.54) is 11.0 Å². The highest BCUT2D eigenvalue weighted by atomic mass is 19.1. The molecule has 1 atom stereocenters. The van der Waals surface area contributed by atoms with Crippen LogP contribution in [0.1, 0.15) is 29.5 Å². The quantitative estimate of drug-likeness (QED) is 0.811. The van der Waals surface area contributed by atoms with Gasteiger partial charge in [-0.1, -0.05) is 29.8 Å². The van der Waals surface area contributed by atoms with Gasteiger partial charge in [-0.3, -0.25) is 9.59 Å². The van der Waals surface area contributed by atoms with Crippen molar-refractivity contribution in [2.24, 2.45) is 5.92 Å². The molecule has 1 saturated heterocycles. The van der Waals surface area contributed by atoms with Crippen LogP contribution in [-0.4, -0.2) is 29.8 Å². The van der Waals surface area contributed by atoms with Crippen molar-refractivity contribution >= 4 is 17.5 Å². The first-order valence-electron chi connectivity index (χ1n) is 9.55. The van der Waals surface area contributed by atoms with Crippen LogP contribution in [0.2, 0.25) is 0 Å². The van der Waals surface area contributed by atoms with E-state index in [1.54, 1.807) is 4.90 Å². The first-order chi connectivity index (χ1) is 13.4. The Labute approximate surface area is 162 Å². The molecule has 0 aliphatic carbocycles. The molecule has 4 rings (SSSR count). The average molecular weight is 384 g/mol. The molecule has 146 valence electrons. The Morgan fingerprint density at radius 3 is 2.68 bits per heavy atom. The van der Waals surface area contributed by atoms with E-state index in [-0.39, 0.29) is 23.9 Å². The molecular formula is C22H22F2N2O2. The molecule has 4 nitrogen and oxygen atoms in total. The molecule has 2 aliphatic rings. The summed E-state index contributed by atoms with van der Waals surface area (Å²) in [5, 5.41) is 0. The number of nitrogens with zero attached hydrogens (tertiary/aromatic N) is 2. The number of hydrogen-bond donors (Lipinski definition) is 0. The van der Waals surface area contributed by atoms with Gasteiger partial charge in [-0.15, -0.1) is 0 Å². The van der Waals surface area contributed by atoms with Gasteiger partial charge in [0.05, 0.1) is 11.6 Å². The van der Waals surface area contributed by atoms with Crippen molar-refractivity contribution in [2.45, 2.75) is 32.7 Å². The molecule has 0 radical (unpaired) electrons. The molecule has 2 aromatic carbocycles. The van der Waals surface area contributed by atoms with Crippen LogP contribution < -0.4 is 4.90 Å². The van der Waals surface area contributed by atoms with Gasteiger partial charge in [0.15, 0.2) is 0 Å². The first kappa shape index (κ1) is 18.6. The molecule has 2 aliphatic heterocycles. The normalized spacial score (nSPS) is 19.1. The van der Waals surface area contributed by atoms with Crippen molar-refractivity contribution in [1.82, 2.24) is 4.90 Å². The molecule has 0 spiro atoms. The summed E-state index contributed by atoms with van der Waals surface area (Å²) in [6.07, 6.45) is 1.31. The van der Waals surface area contributed by atoms with Crippen molar-refractivity contribution in [2.75, 3.05) is 18.0 Å². The van der Waals surface area contributed by atoms with Crippen LogP contribution in [0.25, 0.3) is 0 Å². The molecule has 2 heterocycles. The fourth-order valence-corrected chi connectivity index (χ4v) is 4.10. The van der Waals surface area contributed by atoms with Gasteiger partial charge in [-0.05, 0) is 37.0 Å². The number of carbonyl (C=O) groups excluding carboxylic acids is 2. The average Bonchev–Trinajstić information content (AvgIpc) is 3.02. The molecule has 0 bridgehead atoms. The van der Waals surface area contributed by atoms with Gasteiger partial charge in [-0.2, -0.15) is 0 Å². The van der Waals surface area contributed by atoms with Gasteiger partial charge in [0.25, 0.3) is 0 Å². The summed E-state index contributed by atoms with van der Waals surface area (Å²) < 4.78 is 27.9. The van der Waals surface area contributed by atoms with Crippen molar-refractivity contribution in [3.05, 3.63) is 64.7 Å². The topological polar surface area (TPSA) is 40.6 Å². The van der Waals surface area contributed by atoms with Crippen molar-refractivity contribution in [1.29, 1.82) is 0 Å². The Bertz CT molecular complexity index is 927. The molecule has 2 amide bonds. The summed E-state index contributed by atoms with van der Waals surface area (Å²) >= 11 is 0. The van der Waals surface area contributed by atoms with Gasteiger partial charge in [0.2, 0.25) is 11.8 Å². The maximum Gasteiger partial charge on any atom is 0.232 e. The van der Waals surface area contributed by atoms with Crippen molar-refractivity contribution < 1.29 is 18.4 Å². The lowest BCUT2D eigenvalue weighted by Crippen LogP contribution is -2.41. The third-order valence-electron chi connectivity index (χ3n) is 5.53. The zero-order valence-corrected chi connectivity index (χ0v) is 15.8. The maximum absolute atomic E-state index is 14.4. The summed E-state index contributed by atoms with van der Waals surface area (Å²) in [5.41, 5.74) is 2.84. The number of likely N-dealkylation sites (tertiary alicyclic amines) is 1. The monoisotopic (exact) mass is 384 g/mol. The van der Waals surface area contributed by atoms with Gasteiger partial charge < -0.3 is 9.80 Å². The minimum Gasteiger partial charge on any atom is -0.338 e. The van der Waals surface area contributed by atoms with E-state index < -0.39 is 17.6 Å². The highest BCUT2D eigenvalue weighted by Crippen LogP contribution is 2.33. The summed E-state index contributed by atoms with van der Waals surface area (Å²) in [4.78, 5) is 28.6. The van der Waals surface area contributed by atoms with E-state index in [1.807, 2.05) is 31.2 Å². The minimum absolute atomic E-state index is 0.0734. The van der Waals surface area contributed by atoms with Gasteiger partial charge in [0.1, 0.15) is 11.6 Å². The second-order valence-electron chi connectivity index (χ2n) is 7.65. The molecule has 2 aromatic rings. The SMILES string of the molecule is Cc1ccc(CN2CC(C(=O)N3CCCc4cc(F)cc(F)c43)CC2=O)cc1. The van der Waals surface area contributed by atoms with Crippen LogP contribution in [0, 0.1) is 24.5 Å². The third kappa shape index (κ3) is 3.51. The molecule has 28 heavy (non-hydrogen) atoms. The van der Waals surface area contributed by atoms with Crippen LogP contribution in [0.15, 0.2) is 36.4 Å². The highest BCUT2D eigenvalue weighted by molar-refractivity contribution is 6.00. The number of benzene rings is 2. The Morgan fingerprint density at radius 2 is 1.93 bits per heavy atom. The van der Waals surface area contributed by atoms with Crippen molar-refractivity contribution in [3.63, 3.8) is 0 Å². The number of carbonyl (C=O) groups is 2. The maximum atomic E-state index is 14.4. The molecule has 0 saturated carbocycles. The number of fused-ring (bicyclic) bond motifs is 1. The molecular weight excluding hydrogens is 362 g/mol. The lowest BCUT2D eigenvalue weighted by molar-refractivity contribution is -0.128. The number of hydrogen-bond acceptors (Lipinski definition) is 2. The second kappa shape index (κ2) is 7.34. The second-order valence-corrected chi connectivity index (χ2v) is 7.65. The fraction of sp³-hybridized carbons (Fsp3) is 0.364. The number of halogens is 2. The summed E-state index contributed by atoms with van der Waals surface area (Å²) in [6, 6.07) is 10.0. The summed E-state index contributed by atoms with van der Waals surface area (Å²) in [7, 11) is 0. The number of amides is 2. The Hall–Kier alpha value is -2.76. The Morgan fingerprint density at radius 1 is 1.18 bits per heavy atom. The summed E-state index contributed by atoms with van der Waals surface area (Å²) in [6.45, 7) is 3.16. The van der Waals surface area contributed by atoms with Crippen molar-refractivity contribution in [3.8, 4) is 0 Å². The predicted molar refractivity (Wildman–Crippen MR) is 102 cm³/mol. The molecule has 0 aromatic heterocycles. The van der Waals surface area contributed by atoms with E-state index in [2.05, 4.69) is 0 Å². The van der Waals surface area contributed by atoms with E-state index in [0.29, 0.717) is 38.0 Å². The zero-order chi connectivity index (χ0) is 19.8. The summed E-state index contributed by atoms with van der Waals surface area (Å²) in [5.74, 6) is -2.19. The van der Waals surface area contributed by atoms with Crippen LogP contribution in [0.4, 0.5) is 14.5 Å². The van der Waals surface area contributed by atoms with Gasteiger partial charge >= 0.3 is 0 Å².